The molecule has 0 bridgehead atoms. The molecule has 1 unspecified atom stereocenters. The van der Waals surface area contributed by atoms with Crippen LogP contribution in [0.4, 0.5) is 0 Å². The number of hydrogen-bond acceptors (Lipinski definition) is 4. The average molecular weight is 229 g/mol. The van der Waals surface area contributed by atoms with Crippen LogP contribution in [0.3, 0.4) is 0 Å². The van der Waals surface area contributed by atoms with Gasteiger partial charge in [0.2, 0.25) is 5.91 Å². The van der Waals surface area contributed by atoms with Crippen molar-refractivity contribution in [1.82, 2.24) is 10.2 Å². The lowest BCUT2D eigenvalue weighted by atomic mass is 10.3. The van der Waals surface area contributed by atoms with Gasteiger partial charge in [-0.25, -0.2) is 0 Å². The summed E-state index contributed by atoms with van der Waals surface area (Å²) in [7, 11) is 2.11. The van der Waals surface area contributed by atoms with Crippen LogP contribution in [0.5, 0.6) is 0 Å². The van der Waals surface area contributed by atoms with Crippen LogP contribution in [0.15, 0.2) is 0 Å². The highest BCUT2D eigenvalue weighted by molar-refractivity contribution is 5.77. The summed E-state index contributed by atoms with van der Waals surface area (Å²) in [4.78, 5) is 13.7. The van der Waals surface area contributed by atoms with E-state index in [1.165, 1.54) is 12.8 Å². The number of carbonyl (C=O) groups excluding carboxylic acids is 1. The highest BCUT2D eigenvalue weighted by Gasteiger charge is 2.28. The van der Waals surface area contributed by atoms with Crippen molar-refractivity contribution in [3.8, 4) is 0 Å². The molecule has 0 aliphatic heterocycles. The topological polar surface area (TPSA) is 67.6 Å². The first-order valence-electron chi connectivity index (χ1n) is 5.91. The Bertz CT molecular complexity index is 219. The van der Waals surface area contributed by atoms with Crippen molar-refractivity contribution in [3.05, 3.63) is 0 Å². The summed E-state index contributed by atoms with van der Waals surface area (Å²) in [6.45, 7) is 3.80. The van der Waals surface area contributed by atoms with E-state index in [1.54, 1.807) is 0 Å². The molecule has 3 N–H and O–H groups in total. The van der Waals surface area contributed by atoms with Gasteiger partial charge in [-0.15, -0.1) is 0 Å². The van der Waals surface area contributed by atoms with Crippen LogP contribution in [-0.2, 0) is 9.53 Å². The van der Waals surface area contributed by atoms with Gasteiger partial charge in [0.05, 0.1) is 6.61 Å². The van der Waals surface area contributed by atoms with Crippen molar-refractivity contribution in [2.75, 3.05) is 33.4 Å². The Hall–Kier alpha value is -0.650. The Morgan fingerprint density at radius 2 is 2.31 bits per heavy atom. The Balaban J connectivity index is 2.05. The number of likely N-dealkylation sites (N-methyl/N-ethyl adjacent to an activating group) is 1. The molecule has 1 fully saturated rings. The molecule has 0 radical (unpaired) electrons. The SMILES string of the molecule is CC(CNC(=O)COCCN)N(C)C1CC1. The van der Waals surface area contributed by atoms with Crippen LogP contribution in [0.25, 0.3) is 0 Å². The molecule has 0 aromatic heterocycles. The second-order valence-electron chi connectivity index (χ2n) is 4.39. The fourth-order valence-corrected chi connectivity index (χ4v) is 1.55. The molecule has 1 aliphatic rings. The molecule has 1 amide bonds. The minimum Gasteiger partial charge on any atom is -0.370 e. The van der Waals surface area contributed by atoms with Gasteiger partial charge in [-0.1, -0.05) is 0 Å². The molecule has 16 heavy (non-hydrogen) atoms. The van der Waals surface area contributed by atoms with Crippen LogP contribution >= 0.6 is 0 Å². The molecule has 1 saturated carbocycles. The zero-order chi connectivity index (χ0) is 12.0. The van der Waals surface area contributed by atoms with Gasteiger partial charge in [0.15, 0.2) is 0 Å². The third-order valence-corrected chi connectivity index (χ3v) is 2.91. The van der Waals surface area contributed by atoms with Crippen LogP contribution in [0.2, 0.25) is 0 Å². The maximum Gasteiger partial charge on any atom is 0.246 e. The zero-order valence-corrected chi connectivity index (χ0v) is 10.2. The number of rotatable bonds is 8. The lowest BCUT2D eigenvalue weighted by Crippen LogP contribution is -2.42. The van der Waals surface area contributed by atoms with Gasteiger partial charge in [0, 0.05) is 25.2 Å². The Labute approximate surface area is 97.3 Å². The van der Waals surface area contributed by atoms with Crippen molar-refractivity contribution in [2.45, 2.75) is 31.8 Å². The fraction of sp³-hybridized carbons (Fsp3) is 0.909. The third kappa shape index (κ3) is 4.92. The number of hydrogen-bond donors (Lipinski definition) is 2. The van der Waals surface area contributed by atoms with Gasteiger partial charge in [-0.3, -0.25) is 9.69 Å². The van der Waals surface area contributed by atoms with Gasteiger partial charge in [0.25, 0.3) is 0 Å². The standard InChI is InChI=1S/C11H23N3O2/c1-9(14(2)10-3-4-10)7-13-11(15)8-16-6-5-12/h9-10H,3-8,12H2,1-2H3,(H,13,15). The molecule has 0 spiro atoms. The monoisotopic (exact) mass is 229 g/mol. The van der Waals surface area contributed by atoms with E-state index >= 15 is 0 Å². The van der Waals surface area contributed by atoms with E-state index in [1.807, 2.05) is 0 Å². The lowest BCUT2D eigenvalue weighted by molar-refractivity contribution is -0.125. The van der Waals surface area contributed by atoms with Crippen molar-refractivity contribution < 1.29 is 9.53 Å². The minimum atomic E-state index is -0.0653. The average Bonchev–Trinajstić information content (AvgIpc) is 3.09. The van der Waals surface area contributed by atoms with Crippen molar-refractivity contribution in [3.63, 3.8) is 0 Å². The quantitative estimate of drug-likeness (QED) is 0.554. The molecule has 94 valence electrons. The number of amides is 1. The van der Waals surface area contributed by atoms with Crippen molar-refractivity contribution in [1.29, 1.82) is 0 Å². The molecule has 1 aliphatic carbocycles. The second kappa shape index (κ2) is 6.83. The molecule has 0 aromatic carbocycles. The molecule has 5 heteroatoms. The first-order valence-corrected chi connectivity index (χ1v) is 5.91. The summed E-state index contributed by atoms with van der Waals surface area (Å²) in [5.41, 5.74) is 5.25. The normalized spacial score (nSPS) is 17.5. The summed E-state index contributed by atoms with van der Waals surface area (Å²) in [6, 6.07) is 1.10. The van der Waals surface area contributed by atoms with Crippen LogP contribution in [0.1, 0.15) is 19.8 Å². The summed E-state index contributed by atoms with van der Waals surface area (Å²) < 4.78 is 5.05. The first kappa shape index (κ1) is 13.4. The number of nitrogens with zero attached hydrogens (tertiary/aromatic N) is 1. The van der Waals surface area contributed by atoms with Gasteiger partial charge in [-0.05, 0) is 26.8 Å². The largest absolute Gasteiger partial charge is 0.370 e. The molecule has 0 saturated heterocycles. The van der Waals surface area contributed by atoms with Crippen molar-refractivity contribution in [2.24, 2.45) is 5.73 Å². The molecule has 0 heterocycles. The van der Waals surface area contributed by atoms with Gasteiger partial charge in [-0.2, -0.15) is 0 Å². The minimum absolute atomic E-state index is 0.0653. The number of nitrogens with two attached hydrogens (primary N) is 1. The zero-order valence-electron chi connectivity index (χ0n) is 10.2. The molecule has 1 atom stereocenters. The van der Waals surface area contributed by atoms with E-state index in [0.717, 1.165) is 6.04 Å². The Morgan fingerprint density at radius 1 is 1.62 bits per heavy atom. The predicted molar refractivity (Wildman–Crippen MR) is 63.1 cm³/mol. The highest BCUT2D eigenvalue weighted by Crippen LogP contribution is 2.26. The third-order valence-electron chi connectivity index (χ3n) is 2.91. The van der Waals surface area contributed by atoms with Crippen LogP contribution in [0, 0.1) is 0 Å². The molecule has 5 nitrogen and oxygen atoms in total. The highest BCUT2D eigenvalue weighted by atomic mass is 16.5. The van der Waals surface area contributed by atoms with E-state index in [0.29, 0.717) is 25.7 Å². The molecular weight excluding hydrogens is 206 g/mol. The summed E-state index contributed by atoms with van der Waals surface area (Å²) >= 11 is 0. The summed E-state index contributed by atoms with van der Waals surface area (Å²) in [6.07, 6.45) is 2.57. The maximum atomic E-state index is 11.3. The van der Waals surface area contributed by atoms with E-state index in [2.05, 4.69) is 24.2 Å². The smallest absolute Gasteiger partial charge is 0.246 e. The van der Waals surface area contributed by atoms with E-state index in [4.69, 9.17) is 10.5 Å². The molecule has 1 rings (SSSR count). The van der Waals surface area contributed by atoms with Gasteiger partial charge < -0.3 is 15.8 Å². The fourth-order valence-electron chi connectivity index (χ4n) is 1.55. The van der Waals surface area contributed by atoms with Crippen LogP contribution < -0.4 is 11.1 Å². The number of ether oxygens (including phenoxy) is 1. The lowest BCUT2D eigenvalue weighted by Gasteiger charge is -2.24. The molecule has 0 aromatic rings. The van der Waals surface area contributed by atoms with E-state index < -0.39 is 0 Å². The van der Waals surface area contributed by atoms with E-state index in [9.17, 15) is 4.79 Å². The number of carbonyl (C=O) groups is 1. The predicted octanol–water partition coefficient (Wildman–Crippen LogP) is -0.439. The number of nitrogens with one attached hydrogen (secondary N) is 1. The Morgan fingerprint density at radius 3 is 2.88 bits per heavy atom. The van der Waals surface area contributed by atoms with Crippen LogP contribution in [-0.4, -0.2) is 56.2 Å². The van der Waals surface area contributed by atoms with Gasteiger partial charge >= 0.3 is 0 Å². The van der Waals surface area contributed by atoms with E-state index in [-0.39, 0.29) is 12.5 Å². The first-order chi connectivity index (χ1) is 7.65. The summed E-state index contributed by atoms with van der Waals surface area (Å²) in [5, 5.41) is 2.86. The maximum absolute atomic E-state index is 11.3. The Kier molecular flexibility index (Phi) is 5.73. The van der Waals surface area contributed by atoms with Gasteiger partial charge in [0.1, 0.15) is 6.61 Å². The molecular formula is C11H23N3O2. The van der Waals surface area contributed by atoms with Crippen molar-refractivity contribution >= 4 is 5.91 Å². The second-order valence-corrected chi connectivity index (χ2v) is 4.39. The summed E-state index contributed by atoms with van der Waals surface area (Å²) in [5.74, 6) is -0.0653.